The van der Waals surface area contributed by atoms with Gasteiger partial charge in [-0.1, -0.05) is 77.9 Å². The maximum absolute atomic E-state index is 10.3. The largest absolute Gasteiger partial charge is 0.306 e. The van der Waals surface area contributed by atoms with Gasteiger partial charge in [0.15, 0.2) is 0 Å². The lowest BCUT2D eigenvalue weighted by Crippen LogP contribution is -2.32. The van der Waals surface area contributed by atoms with Gasteiger partial charge in [0.2, 0.25) is 0 Å². The zero-order chi connectivity index (χ0) is 24.4. The minimum atomic E-state index is -0.414. The summed E-state index contributed by atoms with van der Waals surface area (Å²) in [6.07, 6.45) is 7.33. The Bertz CT molecular complexity index is 921. The molecule has 0 saturated carbocycles. The molecular formula is C31H46N2. The van der Waals surface area contributed by atoms with Crippen molar-refractivity contribution >= 4 is 0 Å². The monoisotopic (exact) mass is 446 g/mol. The summed E-state index contributed by atoms with van der Waals surface area (Å²) in [6, 6.07) is 16.6. The summed E-state index contributed by atoms with van der Waals surface area (Å²) in [7, 11) is 2.22. The van der Waals surface area contributed by atoms with Crippen molar-refractivity contribution in [1.29, 1.82) is 5.26 Å². The lowest BCUT2D eigenvalue weighted by molar-refractivity contribution is 0.294. The maximum atomic E-state index is 10.3. The van der Waals surface area contributed by atoms with Crippen LogP contribution in [0.5, 0.6) is 0 Å². The van der Waals surface area contributed by atoms with E-state index in [0.29, 0.717) is 0 Å². The van der Waals surface area contributed by atoms with Crippen LogP contribution in [0, 0.1) is 17.2 Å². The molecule has 0 amide bonds. The highest BCUT2D eigenvalue weighted by Crippen LogP contribution is 2.37. The lowest BCUT2D eigenvalue weighted by Gasteiger charge is -2.33. The number of benzene rings is 2. The van der Waals surface area contributed by atoms with Crippen molar-refractivity contribution in [2.24, 2.45) is 5.92 Å². The number of nitriles is 1. The zero-order valence-electron chi connectivity index (χ0n) is 22.3. The lowest BCUT2D eigenvalue weighted by atomic mass is 9.69. The third-order valence-corrected chi connectivity index (χ3v) is 7.59. The molecular weight excluding hydrogens is 400 g/mol. The molecule has 0 heterocycles. The van der Waals surface area contributed by atoms with E-state index in [-0.39, 0.29) is 5.92 Å². The van der Waals surface area contributed by atoms with E-state index in [9.17, 15) is 5.26 Å². The van der Waals surface area contributed by atoms with Crippen LogP contribution in [0.1, 0.15) is 87.8 Å². The molecule has 0 aliphatic carbocycles. The Morgan fingerprint density at radius 3 is 1.94 bits per heavy atom. The molecule has 0 bridgehead atoms. The van der Waals surface area contributed by atoms with Crippen molar-refractivity contribution in [1.82, 2.24) is 4.90 Å². The second-order valence-corrected chi connectivity index (χ2v) is 9.90. The maximum Gasteiger partial charge on any atom is 0.0845 e. The molecule has 1 unspecified atom stereocenters. The zero-order valence-corrected chi connectivity index (χ0v) is 22.3. The summed E-state index contributed by atoms with van der Waals surface area (Å²) < 4.78 is 0. The van der Waals surface area contributed by atoms with Gasteiger partial charge in [0.1, 0.15) is 0 Å². The summed E-state index contributed by atoms with van der Waals surface area (Å²) in [5, 5.41) is 10.3. The Labute approximate surface area is 204 Å². The van der Waals surface area contributed by atoms with Crippen LogP contribution < -0.4 is 0 Å². The molecule has 0 radical (unpaired) electrons. The van der Waals surface area contributed by atoms with Gasteiger partial charge in [0, 0.05) is 6.54 Å². The molecule has 2 nitrogen and oxygen atoms in total. The van der Waals surface area contributed by atoms with E-state index in [0.717, 1.165) is 58.0 Å². The van der Waals surface area contributed by atoms with Crippen molar-refractivity contribution in [2.75, 3.05) is 20.1 Å². The second kappa shape index (κ2) is 13.0. The Hall–Kier alpha value is -2.11. The molecule has 1 atom stereocenters. The van der Waals surface area contributed by atoms with E-state index in [1.54, 1.807) is 0 Å². The van der Waals surface area contributed by atoms with Crippen LogP contribution in [-0.2, 0) is 37.5 Å². The smallest absolute Gasteiger partial charge is 0.0845 e. The van der Waals surface area contributed by atoms with Crippen LogP contribution in [0.2, 0.25) is 0 Å². The second-order valence-electron chi connectivity index (χ2n) is 9.90. The molecule has 0 aromatic heterocycles. The highest BCUT2D eigenvalue weighted by atomic mass is 15.1. The average Bonchev–Trinajstić information content (AvgIpc) is 2.84. The SMILES string of the molecule is CCc1ccc(CCN(C)CCCC(C#N)(c2ccc(CC)c(CC)c2)C(C)C)cc1CC. The van der Waals surface area contributed by atoms with E-state index >= 15 is 0 Å². The van der Waals surface area contributed by atoms with E-state index in [4.69, 9.17) is 0 Å². The molecule has 0 aliphatic heterocycles. The van der Waals surface area contributed by atoms with E-state index < -0.39 is 5.41 Å². The summed E-state index contributed by atoms with van der Waals surface area (Å²) >= 11 is 0. The van der Waals surface area contributed by atoms with Crippen LogP contribution in [-0.4, -0.2) is 25.0 Å². The standard InChI is InChI=1S/C31H46N2/c1-8-26-14-13-25(21-28(26)10-3)17-20-33(7)19-12-18-31(23-32,24(5)6)30-16-15-27(9-2)29(11-4)22-30/h13-16,21-22,24H,8-12,17-20H2,1-7H3. The van der Waals surface area contributed by atoms with E-state index in [1.165, 1.54) is 33.4 Å². The minimum absolute atomic E-state index is 0.287. The van der Waals surface area contributed by atoms with Gasteiger partial charge in [-0.2, -0.15) is 5.26 Å². The molecule has 2 aromatic rings. The highest BCUT2D eigenvalue weighted by Gasteiger charge is 2.35. The number of hydrogen-bond acceptors (Lipinski definition) is 2. The van der Waals surface area contributed by atoms with Gasteiger partial charge in [-0.05, 0) is 97.8 Å². The van der Waals surface area contributed by atoms with E-state index in [1.807, 2.05) is 0 Å². The fourth-order valence-electron chi connectivity index (χ4n) is 5.16. The quantitative estimate of drug-likeness (QED) is 0.322. The average molecular weight is 447 g/mol. The van der Waals surface area contributed by atoms with Gasteiger partial charge >= 0.3 is 0 Å². The first-order valence-corrected chi connectivity index (χ1v) is 13.2. The molecule has 2 aromatic carbocycles. The van der Waals surface area contributed by atoms with Crippen molar-refractivity contribution in [3.8, 4) is 6.07 Å². The molecule has 0 spiro atoms. The van der Waals surface area contributed by atoms with Crippen molar-refractivity contribution < 1.29 is 0 Å². The number of hydrogen-bond donors (Lipinski definition) is 0. The first kappa shape index (κ1) is 27.1. The van der Waals surface area contributed by atoms with Crippen LogP contribution in [0.15, 0.2) is 36.4 Å². The van der Waals surface area contributed by atoms with Crippen molar-refractivity contribution in [3.63, 3.8) is 0 Å². The first-order valence-electron chi connectivity index (χ1n) is 13.2. The molecule has 0 fully saturated rings. The summed E-state index contributed by atoms with van der Waals surface area (Å²) in [5.41, 5.74) is 8.02. The Kier molecular flexibility index (Phi) is 10.6. The normalized spacial score (nSPS) is 13.3. The Morgan fingerprint density at radius 2 is 1.39 bits per heavy atom. The fourth-order valence-corrected chi connectivity index (χ4v) is 5.16. The summed E-state index contributed by atoms with van der Waals surface area (Å²) in [4.78, 5) is 2.43. The number of rotatable bonds is 13. The Morgan fingerprint density at radius 1 is 0.818 bits per heavy atom. The summed E-state index contributed by atoms with van der Waals surface area (Å²) in [5.74, 6) is 0.287. The Balaban J connectivity index is 2.02. The van der Waals surface area contributed by atoms with Gasteiger partial charge in [-0.15, -0.1) is 0 Å². The van der Waals surface area contributed by atoms with Crippen LogP contribution in [0.25, 0.3) is 0 Å². The molecule has 0 saturated heterocycles. The molecule has 2 heteroatoms. The van der Waals surface area contributed by atoms with Crippen molar-refractivity contribution in [3.05, 3.63) is 69.8 Å². The van der Waals surface area contributed by atoms with Crippen molar-refractivity contribution in [2.45, 2.75) is 91.9 Å². The van der Waals surface area contributed by atoms with Gasteiger partial charge in [0.25, 0.3) is 0 Å². The molecule has 2 rings (SSSR count). The van der Waals surface area contributed by atoms with Gasteiger partial charge in [0.05, 0.1) is 11.5 Å². The third-order valence-electron chi connectivity index (χ3n) is 7.59. The number of nitrogens with zero attached hydrogens (tertiary/aromatic N) is 2. The van der Waals surface area contributed by atoms with Crippen LogP contribution in [0.3, 0.4) is 0 Å². The molecule has 33 heavy (non-hydrogen) atoms. The predicted octanol–water partition coefficient (Wildman–Crippen LogP) is 7.31. The van der Waals surface area contributed by atoms with Gasteiger partial charge < -0.3 is 4.90 Å². The summed E-state index contributed by atoms with van der Waals surface area (Å²) in [6.45, 7) is 15.4. The van der Waals surface area contributed by atoms with Gasteiger partial charge in [-0.25, -0.2) is 0 Å². The highest BCUT2D eigenvalue weighted by molar-refractivity contribution is 5.40. The van der Waals surface area contributed by atoms with E-state index in [2.05, 4.69) is 96.0 Å². The minimum Gasteiger partial charge on any atom is -0.306 e. The van der Waals surface area contributed by atoms with Crippen LogP contribution in [0.4, 0.5) is 0 Å². The molecule has 0 aliphatic rings. The molecule has 180 valence electrons. The number of likely N-dealkylation sites (N-methyl/N-ethyl adjacent to an activating group) is 1. The topological polar surface area (TPSA) is 27.0 Å². The third kappa shape index (κ3) is 6.70. The van der Waals surface area contributed by atoms with Crippen LogP contribution >= 0.6 is 0 Å². The molecule has 0 N–H and O–H groups in total. The first-order chi connectivity index (χ1) is 15.8. The fraction of sp³-hybridized carbons (Fsp3) is 0.581. The number of aryl methyl sites for hydroxylation is 4. The van der Waals surface area contributed by atoms with Gasteiger partial charge in [-0.3, -0.25) is 0 Å². The predicted molar refractivity (Wildman–Crippen MR) is 143 cm³/mol.